The number of nitrogens with one attached hydrogen (secondary N) is 3. The molecule has 0 saturated carbocycles. The lowest BCUT2D eigenvalue weighted by Gasteiger charge is -2.25. The van der Waals surface area contributed by atoms with Gasteiger partial charge in [-0.25, -0.2) is 4.79 Å². The monoisotopic (exact) mass is 504 g/mol. The quantitative estimate of drug-likeness (QED) is 0.164. The van der Waals surface area contributed by atoms with E-state index < -0.39 is 60.2 Å². The Bertz CT molecular complexity index is 703. The standard InChI is InChI=1S/C22H40N4O7S/c1-12(2)10-14(23)19(29)24-16(8-9-34-5)21(31)25-15(6-7-18(27)28)20(30)26-17(22(32)33)11-13(3)4/h12-17H,6-11,23H2,1-5H3,(H,24,29)(H,25,31)(H,26,30)(H,27,28)(H,32,33). The first-order valence-electron chi connectivity index (χ1n) is 11.4. The van der Waals surface area contributed by atoms with Crippen LogP contribution in [0.1, 0.15) is 59.8 Å². The van der Waals surface area contributed by atoms with Crippen LogP contribution in [-0.2, 0) is 24.0 Å². The highest BCUT2D eigenvalue weighted by Crippen LogP contribution is 2.09. The number of amides is 3. The Morgan fingerprint density at radius 2 is 1.24 bits per heavy atom. The van der Waals surface area contributed by atoms with Gasteiger partial charge in [-0.05, 0) is 49.5 Å². The highest BCUT2D eigenvalue weighted by molar-refractivity contribution is 7.98. The summed E-state index contributed by atoms with van der Waals surface area (Å²) >= 11 is 1.47. The molecule has 34 heavy (non-hydrogen) atoms. The molecule has 0 aromatic heterocycles. The number of carboxylic acid groups (broad SMARTS) is 2. The van der Waals surface area contributed by atoms with Gasteiger partial charge in [0.1, 0.15) is 18.1 Å². The molecule has 0 saturated heterocycles. The smallest absolute Gasteiger partial charge is 0.326 e. The van der Waals surface area contributed by atoms with Crippen LogP contribution in [0.3, 0.4) is 0 Å². The summed E-state index contributed by atoms with van der Waals surface area (Å²) in [6, 6.07) is -4.25. The Labute approximate surface area is 205 Å². The number of aliphatic carboxylic acids is 2. The van der Waals surface area contributed by atoms with Gasteiger partial charge >= 0.3 is 11.9 Å². The highest BCUT2D eigenvalue weighted by atomic mass is 32.2. The van der Waals surface area contributed by atoms with E-state index in [-0.39, 0.29) is 31.1 Å². The molecule has 4 atom stereocenters. The van der Waals surface area contributed by atoms with Crippen molar-refractivity contribution in [1.29, 1.82) is 0 Å². The third-order valence-electron chi connectivity index (χ3n) is 4.91. The molecule has 3 amide bonds. The average molecular weight is 505 g/mol. The van der Waals surface area contributed by atoms with Gasteiger partial charge in [0.05, 0.1) is 6.04 Å². The average Bonchev–Trinajstić information content (AvgIpc) is 2.71. The van der Waals surface area contributed by atoms with Crippen LogP contribution in [0.25, 0.3) is 0 Å². The molecule has 0 aromatic rings. The molecule has 0 radical (unpaired) electrons. The summed E-state index contributed by atoms with van der Waals surface area (Å²) in [7, 11) is 0. The predicted octanol–water partition coefficient (Wildman–Crippen LogP) is 0.563. The summed E-state index contributed by atoms with van der Waals surface area (Å²) < 4.78 is 0. The Morgan fingerprint density at radius 3 is 1.68 bits per heavy atom. The van der Waals surface area contributed by atoms with Crippen molar-refractivity contribution in [1.82, 2.24) is 16.0 Å². The van der Waals surface area contributed by atoms with E-state index in [1.165, 1.54) is 11.8 Å². The molecule has 0 aliphatic rings. The fraction of sp³-hybridized carbons (Fsp3) is 0.773. The molecule has 12 heteroatoms. The molecule has 4 unspecified atom stereocenters. The van der Waals surface area contributed by atoms with E-state index in [1.54, 1.807) is 13.8 Å². The van der Waals surface area contributed by atoms with Gasteiger partial charge in [-0.3, -0.25) is 19.2 Å². The Morgan fingerprint density at radius 1 is 0.765 bits per heavy atom. The molecule has 0 spiro atoms. The van der Waals surface area contributed by atoms with Crippen LogP contribution in [0.15, 0.2) is 0 Å². The van der Waals surface area contributed by atoms with E-state index in [4.69, 9.17) is 10.8 Å². The number of hydrogen-bond donors (Lipinski definition) is 6. The molecule has 0 bridgehead atoms. The van der Waals surface area contributed by atoms with Crippen LogP contribution < -0.4 is 21.7 Å². The molecular formula is C22H40N4O7S. The SMILES string of the molecule is CSCCC(NC(=O)C(N)CC(C)C)C(=O)NC(CCC(=O)O)C(=O)NC(CC(C)C)C(=O)O. The van der Waals surface area contributed by atoms with Gasteiger partial charge in [0, 0.05) is 6.42 Å². The number of carboxylic acids is 2. The molecule has 0 heterocycles. The molecule has 0 aliphatic carbocycles. The Balaban J connectivity index is 5.53. The molecule has 0 aromatic carbocycles. The number of carbonyl (C=O) groups is 5. The minimum atomic E-state index is -1.28. The summed E-state index contributed by atoms with van der Waals surface area (Å²) in [6.07, 6.45) is 2.05. The summed E-state index contributed by atoms with van der Waals surface area (Å²) in [5.74, 6) is -3.66. The fourth-order valence-electron chi connectivity index (χ4n) is 3.17. The van der Waals surface area contributed by atoms with Crippen LogP contribution in [-0.4, -0.2) is 76.0 Å². The van der Waals surface area contributed by atoms with Gasteiger partial charge in [0.15, 0.2) is 0 Å². The Hall–Kier alpha value is -2.34. The maximum Gasteiger partial charge on any atom is 0.326 e. The van der Waals surface area contributed by atoms with Crippen LogP contribution >= 0.6 is 11.8 Å². The van der Waals surface area contributed by atoms with Gasteiger partial charge in [-0.2, -0.15) is 11.8 Å². The van der Waals surface area contributed by atoms with E-state index in [2.05, 4.69) is 16.0 Å². The Kier molecular flexibility index (Phi) is 15.2. The van der Waals surface area contributed by atoms with Crippen molar-refractivity contribution >= 4 is 41.4 Å². The van der Waals surface area contributed by atoms with Crippen LogP contribution in [0, 0.1) is 11.8 Å². The van der Waals surface area contributed by atoms with Crippen molar-refractivity contribution in [2.45, 2.75) is 84.0 Å². The zero-order valence-electron chi connectivity index (χ0n) is 20.6. The molecule has 0 fully saturated rings. The number of carbonyl (C=O) groups excluding carboxylic acids is 3. The number of nitrogens with two attached hydrogens (primary N) is 1. The van der Waals surface area contributed by atoms with Crippen LogP contribution in [0.2, 0.25) is 0 Å². The third-order valence-corrected chi connectivity index (χ3v) is 5.55. The lowest BCUT2D eigenvalue weighted by atomic mass is 10.0. The number of rotatable bonds is 17. The van der Waals surface area contributed by atoms with Crippen molar-refractivity contribution in [3.05, 3.63) is 0 Å². The first-order chi connectivity index (χ1) is 15.8. The minimum absolute atomic E-state index is 0.0188. The molecule has 0 aliphatic heterocycles. The van der Waals surface area contributed by atoms with Gasteiger partial charge in [-0.1, -0.05) is 27.7 Å². The summed E-state index contributed by atoms with van der Waals surface area (Å²) in [5, 5.41) is 25.9. The second-order valence-electron chi connectivity index (χ2n) is 9.10. The molecule has 7 N–H and O–H groups in total. The van der Waals surface area contributed by atoms with Crippen molar-refractivity contribution in [2.24, 2.45) is 17.6 Å². The molecule has 196 valence electrons. The van der Waals surface area contributed by atoms with E-state index in [0.717, 1.165) is 0 Å². The van der Waals surface area contributed by atoms with E-state index in [1.807, 2.05) is 20.1 Å². The van der Waals surface area contributed by atoms with Crippen molar-refractivity contribution < 1.29 is 34.2 Å². The normalized spacial score (nSPS) is 14.7. The van der Waals surface area contributed by atoms with E-state index >= 15 is 0 Å². The van der Waals surface area contributed by atoms with E-state index in [0.29, 0.717) is 12.2 Å². The third kappa shape index (κ3) is 13.4. The number of hydrogen-bond acceptors (Lipinski definition) is 7. The maximum absolute atomic E-state index is 13.0. The fourth-order valence-corrected chi connectivity index (χ4v) is 3.64. The van der Waals surface area contributed by atoms with Crippen LogP contribution in [0.5, 0.6) is 0 Å². The zero-order chi connectivity index (χ0) is 26.4. The van der Waals surface area contributed by atoms with Gasteiger partial charge in [0.2, 0.25) is 17.7 Å². The lowest BCUT2D eigenvalue weighted by molar-refractivity contribution is -0.143. The highest BCUT2D eigenvalue weighted by Gasteiger charge is 2.30. The van der Waals surface area contributed by atoms with Gasteiger partial charge in [0.25, 0.3) is 0 Å². The second-order valence-corrected chi connectivity index (χ2v) is 10.1. The molecular weight excluding hydrogens is 464 g/mol. The largest absolute Gasteiger partial charge is 0.481 e. The topological polar surface area (TPSA) is 188 Å². The van der Waals surface area contributed by atoms with E-state index in [9.17, 15) is 29.1 Å². The molecule has 11 nitrogen and oxygen atoms in total. The maximum atomic E-state index is 13.0. The predicted molar refractivity (Wildman–Crippen MR) is 130 cm³/mol. The second kappa shape index (κ2) is 16.3. The van der Waals surface area contributed by atoms with Gasteiger partial charge < -0.3 is 31.9 Å². The minimum Gasteiger partial charge on any atom is -0.481 e. The van der Waals surface area contributed by atoms with Gasteiger partial charge in [-0.15, -0.1) is 0 Å². The van der Waals surface area contributed by atoms with Crippen LogP contribution in [0.4, 0.5) is 0 Å². The molecule has 0 rings (SSSR count). The van der Waals surface area contributed by atoms with Crippen molar-refractivity contribution in [3.8, 4) is 0 Å². The van der Waals surface area contributed by atoms with Crippen molar-refractivity contribution in [2.75, 3.05) is 12.0 Å². The van der Waals surface area contributed by atoms with Crippen molar-refractivity contribution in [3.63, 3.8) is 0 Å². The first-order valence-corrected chi connectivity index (χ1v) is 12.8. The summed E-state index contributed by atoms with van der Waals surface area (Å²) in [6.45, 7) is 7.43. The number of thioether (sulfide) groups is 1. The summed E-state index contributed by atoms with van der Waals surface area (Å²) in [5.41, 5.74) is 5.91. The zero-order valence-corrected chi connectivity index (χ0v) is 21.4. The first kappa shape index (κ1) is 31.7. The summed E-state index contributed by atoms with van der Waals surface area (Å²) in [4.78, 5) is 60.8. The lowest BCUT2D eigenvalue weighted by Crippen LogP contribution is -2.57.